The van der Waals surface area contributed by atoms with Crippen molar-refractivity contribution in [2.45, 2.75) is 32.9 Å². The van der Waals surface area contributed by atoms with Crippen molar-refractivity contribution in [3.63, 3.8) is 0 Å². The van der Waals surface area contributed by atoms with Crippen LogP contribution in [0.5, 0.6) is 0 Å². The van der Waals surface area contributed by atoms with Gasteiger partial charge in [0.05, 0.1) is 13.1 Å². The molecule has 1 amide bonds. The zero-order valence-corrected chi connectivity index (χ0v) is 13.5. The molecular weight excluding hydrogens is 287 g/mol. The monoisotopic (exact) mass is 310 g/mol. The lowest BCUT2D eigenvalue weighted by Gasteiger charge is -2.36. The Balaban J connectivity index is 2.85. The van der Waals surface area contributed by atoms with Gasteiger partial charge in [-0.2, -0.15) is 0 Å². The molecule has 0 aromatic heterocycles. The third-order valence-electron chi connectivity index (χ3n) is 3.15. The van der Waals surface area contributed by atoms with Gasteiger partial charge in [0.15, 0.2) is 0 Å². The zero-order chi connectivity index (χ0) is 16.9. The minimum atomic E-state index is -0.984. The SMILES string of the molecule is CN(CC(=O)O)CC(=O)N(Cc1cccc(F)c1)C(C)(C)C. The molecule has 22 heavy (non-hydrogen) atoms. The molecule has 0 heterocycles. The van der Waals surface area contributed by atoms with Gasteiger partial charge in [-0.1, -0.05) is 12.1 Å². The fourth-order valence-electron chi connectivity index (χ4n) is 2.12. The van der Waals surface area contributed by atoms with Gasteiger partial charge in [0.2, 0.25) is 5.91 Å². The van der Waals surface area contributed by atoms with E-state index >= 15 is 0 Å². The van der Waals surface area contributed by atoms with E-state index in [1.807, 2.05) is 20.8 Å². The number of likely N-dealkylation sites (N-methyl/N-ethyl adjacent to an activating group) is 1. The van der Waals surface area contributed by atoms with Crippen molar-refractivity contribution >= 4 is 11.9 Å². The highest BCUT2D eigenvalue weighted by Gasteiger charge is 2.27. The minimum Gasteiger partial charge on any atom is -0.480 e. The number of aliphatic carboxylic acids is 1. The van der Waals surface area contributed by atoms with Crippen molar-refractivity contribution in [3.8, 4) is 0 Å². The van der Waals surface area contributed by atoms with Crippen LogP contribution in [0.15, 0.2) is 24.3 Å². The smallest absolute Gasteiger partial charge is 0.317 e. The van der Waals surface area contributed by atoms with Crippen LogP contribution in [-0.4, -0.2) is 52.5 Å². The molecule has 122 valence electrons. The number of carboxylic acid groups (broad SMARTS) is 1. The lowest BCUT2D eigenvalue weighted by atomic mass is 10.0. The number of nitrogens with zero attached hydrogens (tertiary/aromatic N) is 2. The number of hydrogen-bond donors (Lipinski definition) is 1. The van der Waals surface area contributed by atoms with Crippen molar-refractivity contribution < 1.29 is 19.1 Å². The highest BCUT2D eigenvalue weighted by Crippen LogP contribution is 2.18. The lowest BCUT2D eigenvalue weighted by molar-refractivity contribution is -0.141. The molecule has 0 spiro atoms. The summed E-state index contributed by atoms with van der Waals surface area (Å²) >= 11 is 0. The Kier molecular flexibility index (Phi) is 6.05. The topological polar surface area (TPSA) is 60.9 Å². The summed E-state index contributed by atoms with van der Waals surface area (Å²) in [6.07, 6.45) is 0. The molecule has 0 fully saturated rings. The first-order chi connectivity index (χ1) is 10.1. The molecule has 0 saturated heterocycles. The second-order valence-corrected chi connectivity index (χ2v) is 6.35. The van der Waals surface area contributed by atoms with Crippen molar-refractivity contribution in [1.82, 2.24) is 9.80 Å². The molecular formula is C16H23FN2O3. The number of amides is 1. The number of carbonyl (C=O) groups excluding carboxylic acids is 1. The summed E-state index contributed by atoms with van der Waals surface area (Å²) in [5.74, 6) is -1.52. The van der Waals surface area contributed by atoms with Gasteiger partial charge in [0, 0.05) is 12.1 Å². The first kappa shape index (κ1) is 18.1. The largest absolute Gasteiger partial charge is 0.480 e. The van der Waals surface area contributed by atoms with E-state index < -0.39 is 11.5 Å². The summed E-state index contributed by atoms with van der Waals surface area (Å²) in [4.78, 5) is 26.2. The van der Waals surface area contributed by atoms with Crippen LogP contribution in [0.1, 0.15) is 26.3 Å². The third-order valence-corrected chi connectivity index (χ3v) is 3.15. The van der Waals surface area contributed by atoms with Gasteiger partial charge in [0.1, 0.15) is 5.82 Å². The van der Waals surface area contributed by atoms with Crippen LogP contribution in [0, 0.1) is 5.82 Å². The summed E-state index contributed by atoms with van der Waals surface area (Å²) in [5.41, 5.74) is 0.247. The zero-order valence-electron chi connectivity index (χ0n) is 13.5. The summed E-state index contributed by atoms with van der Waals surface area (Å²) in [5, 5.41) is 8.75. The Morgan fingerprint density at radius 1 is 1.23 bits per heavy atom. The van der Waals surface area contributed by atoms with Gasteiger partial charge >= 0.3 is 5.97 Å². The van der Waals surface area contributed by atoms with Gasteiger partial charge in [-0.05, 0) is 45.5 Å². The Hall–Kier alpha value is -1.95. The summed E-state index contributed by atoms with van der Waals surface area (Å²) in [6, 6.07) is 6.11. The molecule has 6 heteroatoms. The predicted octanol–water partition coefficient (Wildman–Crippen LogP) is 1.97. The molecule has 0 saturated carbocycles. The normalized spacial score (nSPS) is 11.5. The fourth-order valence-corrected chi connectivity index (χ4v) is 2.12. The van der Waals surface area contributed by atoms with Crippen molar-refractivity contribution in [3.05, 3.63) is 35.6 Å². The first-order valence-electron chi connectivity index (χ1n) is 7.05. The molecule has 1 rings (SSSR count). The van der Waals surface area contributed by atoms with Gasteiger partial charge in [-0.25, -0.2) is 4.39 Å². The Morgan fingerprint density at radius 2 is 1.86 bits per heavy atom. The molecule has 0 aliphatic heterocycles. The average molecular weight is 310 g/mol. The summed E-state index contributed by atoms with van der Waals surface area (Å²) < 4.78 is 13.3. The Bertz CT molecular complexity index is 540. The second-order valence-electron chi connectivity index (χ2n) is 6.35. The molecule has 0 bridgehead atoms. The van der Waals surface area contributed by atoms with Crippen LogP contribution in [0.25, 0.3) is 0 Å². The molecule has 0 atom stereocenters. The maximum absolute atomic E-state index is 13.3. The van der Waals surface area contributed by atoms with Crippen molar-refractivity contribution in [1.29, 1.82) is 0 Å². The van der Waals surface area contributed by atoms with E-state index in [9.17, 15) is 14.0 Å². The van der Waals surface area contributed by atoms with Gasteiger partial charge in [-0.3, -0.25) is 14.5 Å². The Morgan fingerprint density at radius 3 is 2.36 bits per heavy atom. The lowest BCUT2D eigenvalue weighted by Crippen LogP contribution is -2.49. The van der Waals surface area contributed by atoms with Crippen molar-refractivity contribution in [2.24, 2.45) is 0 Å². The van der Waals surface area contributed by atoms with E-state index in [4.69, 9.17) is 5.11 Å². The van der Waals surface area contributed by atoms with Crippen LogP contribution in [-0.2, 0) is 16.1 Å². The minimum absolute atomic E-state index is 0.00111. The number of rotatable bonds is 6. The molecule has 0 aliphatic carbocycles. The van der Waals surface area contributed by atoms with Gasteiger partial charge in [0.25, 0.3) is 0 Å². The van der Waals surface area contributed by atoms with Gasteiger partial charge < -0.3 is 10.0 Å². The van der Waals surface area contributed by atoms with E-state index in [-0.39, 0.29) is 31.4 Å². The first-order valence-corrected chi connectivity index (χ1v) is 7.05. The number of carbonyl (C=O) groups is 2. The van der Waals surface area contributed by atoms with Crippen LogP contribution < -0.4 is 0 Å². The molecule has 1 aromatic rings. The molecule has 1 N–H and O–H groups in total. The van der Waals surface area contributed by atoms with E-state index in [2.05, 4.69) is 0 Å². The van der Waals surface area contributed by atoms with E-state index in [1.54, 1.807) is 24.1 Å². The van der Waals surface area contributed by atoms with Crippen LogP contribution in [0.2, 0.25) is 0 Å². The maximum Gasteiger partial charge on any atom is 0.317 e. The number of hydrogen-bond acceptors (Lipinski definition) is 3. The van der Waals surface area contributed by atoms with Crippen LogP contribution in [0.4, 0.5) is 4.39 Å². The highest BCUT2D eigenvalue weighted by molar-refractivity contribution is 5.79. The van der Waals surface area contributed by atoms with Crippen molar-refractivity contribution in [2.75, 3.05) is 20.1 Å². The maximum atomic E-state index is 13.3. The third kappa shape index (κ3) is 5.81. The van der Waals surface area contributed by atoms with E-state index in [0.29, 0.717) is 5.56 Å². The van der Waals surface area contributed by atoms with E-state index in [1.165, 1.54) is 17.0 Å². The van der Waals surface area contributed by atoms with Crippen LogP contribution in [0.3, 0.4) is 0 Å². The second kappa shape index (κ2) is 7.35. The molecule has 5 nitrogen and oxygen atoms in total. The van der Waals surface area contributed by atoms with E-state index in [0.717, 1.165) is 0 Å². The standard InChI is InChI=1S/C16H23FN2O3/c1-16(2,3)19(9-12-6-5-7-13(17)8-12)14(20)10-18(4)11-15(21)22/h5-8H,9-11H2,1-4H3,(H,21,22). The molecule has 1 aromatic carbocycles. The Labute approximate surface area is 130 Å². The molecule has 0 radical (unpaired) electrons. The number of benzene rings is 1. The fraction of sp³-hybridized carbons (Fsp3) is 0.500. The van der Waals surface area contributed by atoms with Gasteiger partial charge in [-0.15, -0.1) is 0 Å². The molecule has 0 unspecified atom stereocenters. The number of carboxylic acids is 1. The quantitative estimate of drug-likeness (QED) is 0.872. The molecule has 0 aliphatic rings. The summed E-state index contributed by atoms with van der Waals surface area (Å²) in [7, 11) is 1.58. The predicted molar refractivity (Wildman–Crippen MR) is 81.8 cm³/mol. The average Bonchev–Trinajstić information content (AvgIpc) is 2.33. The van der Waals surface area contributed by atoms with Crippen LogP contribution >= 0.6 is 0 Å². The highest BCUT2D eigenvalue weighted by atomic mass is 19.1. The summed E-state index contributed by atoms with van der Waals surface area (Å²) in [6.45, 7) is 5.74. The number of halogens is 1.